The lowest BCUT2D eigenvalue weighted by atomic mass is 10.0. The quantitative estimate of drug-likeness (QED) is 0.354. The number of aryl methyl sites for hydroxylation is 1. The van der Waals surface area contributed by atoms with Gasteiger partial charge in [0.1, 0.15) is 12.6 Å². The molecule has 1 atom stereocenters. The van der Waals surface area contributed by atoms with E-state index in [1.165, 1.54) is 4.90 Å². The van der Waals surface area contributed by atoms with Gasteiger partial charge in [0, 0.05) is 24.5 Å². The fourth-order valence-electron chi connectivity index (χ4n) is 4.15. The van der Waals surface area contributed by atoms with Crippen molar-refractivity contribution >= 4 is 39.1 Å². The summed E-state index contributed by atoms with van der Waals surface area (Å²) in [6.07, 6.45) is 2.08. The lowest BCUT2D eigenvalue weighted by Gasteiger charge is -2.33. The van der Waals surface area contributed by atoms with Crippen molar-refractivity contribution < 1.29 is 18.0 Å². The average Bonchev–Trinajstić information content (AvgIpc) is 2.87. The summed E-state index contributed by atoms with van der Waals surface area (Å²) < 4.78 is 26.7. The van der Waals surface area contributed by atoms with Gasteiger partial charge in [-0.3, -0.25) is 13.9 Å². The molecule has 3 rings (SSSR count). The van der Waals surface area contributed by atoms with Crippen LogP contribution in [0.25, 0.3) is 0 Å². The van der Waals surface area contributed by atoms with Crippen molar-refractivity contribution in [2.24, 2.45) is 0 Å². The van der Waals surface area contributed by atoms with Gasteiger partial charge in [0.25, 0.3) is 0 Å². The highest BCUT2D eigenvalue weighted by Crippen LogP contribution is 2.22. The normalized spacial score (nSPS) is 12.0. The van der Waals surface area contributed by atoms with Crippen molar-refractivity contribution in [2.75, 3.05) is 23.7 Å². The minimum absolute atomic E-state index is 0.0852. The van der Waals surface area contributed by atoms with Gasteiger partial charge >= 0.3 is 0 Å². The molecule has 38 heavy (non-hydrogen) atoms. The first-order valence-corrected chi connectivity index (χ1v) is 14.7. The van der Waals surface area contributed by atoms with Crippen LogP contribution in [-0.4, -0.2) is 50.5 Å². The third-order valence-corrected chi connectivity index (χ3v) is 7.41. The summed E-state index contributed by atoms with van der Waals surface area (Å²) in [5.41, 5.74) is 2.86. The van der Waals surface area contributed by atoms with Crippen LogP contribution in [-0.2, 0) is 32.6 Å². The Balaban J connectivity index is 2.04. The van der Waals surface area contributed by atoms with Crippen LogP contribution >= 0.6 is 11.6 Å². The summed E-state index contributed by atoms with van der Waals surface area (Å²) in [6.45, 7) is 3.90. The Labute approximate surface area is 230 Å². The Kier molecular flexibility index (Phi) is 10.3. The first kappa shape index (κ1) is 29.2. The Morgan fingerprint density at radius 3 is 2.26 bits per heavy atom. The molecule has 0 spiro atoms. The zero-order valence-electron chi connectivity index (χ0n) is 21.9. The van der Waals surface area contributed by atoms with Crippen molar-refractivity contribution in [1.29, 1.82) is 0 Å². The van der Waals surface area contributed by atoms with Crippen LogP contribution in [0.5, 0.6) is 0 Å². The van der Waals surface area contributed by atoms with E-state index < -0.39 is 28.5 Å². The highest BCUT2D eigenvalue weighted by molar-refractivity contribution is 7.92. The number of anilines is 1. The monoisotopic (exact) mass is 555 g/mol. The maximum absolute atomic E-state index is 14.0. The lowest BCUT2D eigenvalue weighted by Crippen LogP contribution is -2.53. The maximum atomic E-state index is 14.0. The van der Waals surface area contributed by atoms with Gasteiger partial charge in [-0.25, -0.2) is 8.42 Å². The van der Waals surface area contributed by atoms with E-state index >= 15 is 0 Å². The number of hydrogen-bond donors (Lipinski definition) is 1. The van der Waals surface area contributed by atoms with E-state index in [0.29, 0.717) is 17.3 Å². The summed E-state index contributed by atoms with van der Waals surface area (Å²) in [5.74, 6) is -0.794. The number of sulfonamides is 1. The van der Waals surface area contributed by atoms with Gasteiger partial charge in [0.15, 0.2) is 0 Å². The lowest BCUT2D eigenvalue weighted by molar-refractivity contribution is -0.140. The Bertz CT molecular complexity index is 1350. The van der Waals surface area contributed by atoms with Crippen LogP contribution in [0.3, 0.4) is 0 Å². The number of carbonyl (C=O) groups excluding carboxylic acids is 2. The largest absolute Gasteiger partial charge is 0.354 e. The third kappa shape index (κ3) is 8.33. The van der Waals surface area contributed by atoms with Crippen LogP contribution in [0.4, 0.5) is 5.69 Å². The fourth-order valence-corrected chi connectivity index (χ4v) is 5.20. The first-order chi connectivity index (χ1) is 18.1. The van der Waals surface area contributed by atoms with E-state index in [9.17, 15) is 18.0 Å². The van der Waals surface area contributed by atoms with Gasteiger partial charge < -0.3 is 10.2 Å². The molecule has 0 fully saturated rings. The van der Waals surface area contributed by atoms with Crippen molar-refractivity contribution in [2.45, 2.75) is 39.3 Å². The molecule has 0 heterocycles. The summed E-state index contributed by atoms with van der Waals surface area (Å²) in [7, 11) is -3.80. The number of rotatable bonds is 12. The van der Waals surface area contributed by atoms with E-state index in [1.807, 2.05) is 56.3 Å². The number of nitrogens with one attached hydrogen (secondary N) is 1. The van der Waals surface area contributed by atoms with E-state index in [4.69, 9.17) is 11.6 Å². The topological polar surface area (TPSA) is 86.8 Å². The molecule has 0 saturated heterocycles. The SMILES string of the molecule is CCCNC(=O)[C@H](Cc1ccccc1)N(Cc1cccc(Cl)c1)C(=O)CN(c1cccc(C)c1)S(C)(=O)=O. The van der Waals surface area contributed by atoms with Crippen LogP contribution in [0.1, 0.15) is 30.0 Å². The molecule has 0 saturated carbocycles. The van der Waals surface area contributed by atoms with E-state index in [1.54, 1.807) is 36.4 Å². The molecule has 1 N–H and O–H groups in total. The summed E-state index contributed by atoms with van der Waals surface area (Å²) >= 11 is 6.22. The average molecular weight is 556 g/mol. The van der Waals surface area contributed by atoms with Crippen molar-refractivity contribution in [3.8, 4) is 0 Å². The summed E-state index contributed by atoms with van der Waals surface area (Å²) in [6, 6.07) is 22.6. The number of halogens is 1. The smallest absolute Gasteiger partial charge is 0.244 e. The zero-order valence-corrected chi connectivity index (χ0v) is 23.5. The molecule has 7 nitrogen and oxygen atoms in total. The molecule has 0 bridgehead atoms. The second-order valence-electron chi connectivity index (χ2n) is 9.26. The molecule has 3 aromatic rings. The highest BCUT2D eigenvalue weighted by Gasteiger charge is 2.33. The molecular formula is C29H34ClN3O4S. The molecule has 2 amide bonds. The van der Waals surface area contributed by atoms with Crippen molar-refractivity contribution in [3.63, 3.8) is 0 Å². The predicted octanol–water partition coefficient (Wildman–Crippen LogP) is 4.58. The molecular weight excluding hydrogens is 522 g/mol. The number of hydrogen-bond acceptors (Lipinski definition) is 4. The van der Waals surface area contributed by atoms with Crippen LogP contribution in [0, 0.1) is 6.92 Å². The van der Waals surface area contributed by atoms with Crippen molar-refractivity contribution in [3.05, 3.63) is 101 Å². The minimum Gasteiger partial charge on any atom is -0.354 e. The molecule has 0 unspecified atom stereocenters. The second-order valence-corrected chi connectivity index (χ2v) is 11.6. The summed E-state index contributed by atoms with van der Waals surface area (Å²) in [4.78, 5) is 28.9. The number of nitrogens with zero attached hydrogens (tertiary/aromatic N) is 2. The molecule has 9 heteroatoms. The molecule has 0 aromatic heterocycles. The Morgan fingerprint density at radius 2 is 1.63 bits per heavy atom. The number of benzene rings is 3. The van der Waals surface area contributed by atoms with Gasteiger partial charge in [-0.2, -0.15) is 0 Å². The van der Waals surface area contributed by atoms with Crippen LogP contribution in [0.15, 0.2) is 78.9 Å². The fraction of sp³-hybridized carbons (Fsp3) is 0.310. The standard InChI is InChI=1S/C29H34ClN3O4S/c1-4-16-31-29(35)27(19-23-11-6-5-7-12-23)32(20-24-13-9-14-25(30)18-24)28(34)21-33(38(3,36)37)26-15-8-10-22(2)17-26/h5-15,17-18,27H,4,16,19-21H2,1-3H3,(H,31,35)/t27-/m0/s1. The van der Waals surface area contributed by atoms with Crippen LogP contribution in [0.2, 0.25) is 5.02 Å². The maximum Gasteiger partial charge on any atom is 0.244 e. The zero-order chi connectivity index (χ0) is 27.7. The first-order valence-electron chi connectivity index (χ1n) is 12.5. The van der Waals surface area contributed by atoms with Gasteiger partial charge in [-0.1, -0.05) is 73.1 Å². The predicted molar refractivity (Wildman–Crippen MR) is 153 cm³/mol. The summed E-state index contributed by atoms with van der Waals surface area (Å²) in [5, 5.41) is 3.42. The Hall–Kier alpha value is -3.36. The number of amides is 2. The minimum atomic E-state index is -3.80. The second kappa shape index (κ2) is 13.4. The Morgan fingerprint density at radius 1 is 0.947 bits per heavy atom. The van der Waals surface area contributed by atoms with Crippen molar-refractivity contribution in [1.82, 2.24) is 10.2 Å². The van der Waals surface area contributed by atoms with Gasteiger partial charge in [-0.15, -0.1) is 0 Å². The molecule has 0 aliphatic carbocycles. The molecule has 0 aliphatic heterocycles. The van der Waals surface area contributed by atoms with Gasteiger partial charge in [0.05, 0.1) is 11.9 Å². The molecule has 202 valence electrons. The molecule has 0 aliphatic rings. The van der Waals surface area contributed by atoms with E-state index in [0.717, 1.165) is 33.7 Å². The number of carbonyl (C=O) groups is 2. The van der Waals surface area contributed by atoms with Gasteiger partial charge in [-0.05, 0) is 54.3 Å². The highest BCUT2D eigenvalue weighted by atomic mass is 35.5. The van der Waals surface area contributed by atoms with E-state index in [2.05, 4.69) is 5.32 Å². The third-order valence-electron chi connectivity index (χ3n) is 6.03. The molecule has 0 radical (unpaired) electrons. The molecule has 3 aromatic carbocycles. The van der Waals surface area contributed by atoms with Crippen LogP contribution < -0.4 is 9.62 Å². The van der Waals surface area contributed by atoms with Gasteiger partial charge in [0.2, 0.25) is 21.8 Å². The van der Waals surface area contributed by atoms with E-state index in [-0.39, 0.29) is 18.9 Å².